The highest BCUT2D eigenvalue weighted by Gasteiger charge is 2.18. The summed E-state index contributed by atoms with van der Waals surface area (Å²) in [6, 6.07) is 0. The van der Waals surface area contributed by atoms with Crippen LogP contribution in [0.3, 0.4) is 0 Å². The van der Waals surface area contributed by atoms with Crippen LogP contribution in [0, 0.1) is 5.92 Å². The second-order valence-corrected chi connectivity index (χ2v) is 3.66. The fourth-order valence-corrected chi connectivity index (χ4v) is 1.35. The molecule has 1 aliphatic heterocycles. The summed E-state index contributed by atoms with van der Waals surface area (Å²) in [7, 11) is 1.85. The number of aromatic nitrogens is 2. The number of aryl methyl sites for hydroxylation is 1. The van der Waals surface area contributed by atoms with Crippen molar-refractivity contribution in [3.05, 3.63) is 18.2 Å². The highest BCUT2D eigenvalue weighted by atomic mass is 16.1. The van der Waals surface area contributed by atoms with E-state index in [0.29, 0.717) is 11.6 Å². The lowest BCUT2D eigenvalue weighted by Crippen LogP contribution is -2.48. The fourth-order valence-electron chi connectivity index (χ4n) is 1.35. The molecule has 0 unspecified atom stereocenters. The van der Waals surface area contributed by atoms with Crippen LogP contribution in [0.15, 0.2) is 12.5 Å². The molecule has 0 atom stereocenters. The van der Waals surface area contributed by atoms with E-state index in [0.717, 1.165) is 19.6 Å². The van der Waals surface area contributed by atoms with Gasteiger partial charge in [0.05, 0.1) is 6.33 Å². The zero-order valence-corrected chi connectivity index (χ0v) is 8.16. The van der Waals surface area contributed by atoms with Crippen LogP contribution in [0.1, 0.15) is 10.5 Å². The maximum Gasteiger partial charge on any atom is 0.271 e. The van der Waals surface area contributed by atoms with Crippen LogP contribution < -0.4 is 10.6 Å². The van der Waals surface area contributed by atoms with Gasteiger partial charge in [-0.1, -0.05) is 0 Å². The second kappa shape index (κ2) is 3.79. The maximum absolute atomic E-state index is 11.5. The van der Waals surface area contributed by atoms with E-state index in [-0.39, 0.29) is 5.91 Å². The third kappa shape index (κ3) is 1.93. The Kier molecular flexibility index (Phi) is 2.49. The number of hydrogen-bond acceptors (Lipinski definition) is 3. The number of nitrogens with one attached hydrogen (secondary N) is 2. The third-order valence-corrected chi connectivity index (χ3v) is 2.35. The molecule has 5 nitrogen and oxygen atoms in total. The Hall–Kier alpha value is -1.36. The standard InChI is InChI=1S/C9H14N4O/c1-13-5-8(12-6-13)9(14)11-4-7-2-10-3-7/h5-7,10H,2-4H2,1H3,(H,11,14). The molecule has 2 heterocycles. The van der Waals surface area contributed by atoms with E-state index >= 15 is 0 Å². The van der Waals surface area contributed by atoms with Crippen LogP contribution in [0.2, 0.25) is 0 Å². The quantitative estimate of drug-likeness (QED) is 0.673. The van der Waals surface area contributed by atoms with Gasteiger partial charge in [0.15, 0.2) is 0 Å². The molecular weight excluding hydrogens is 180 g/mol. The van der Waals surface area contributed by atoms with Gasteiger partial charge in [0.2, 0.25) is 0 Å². The van der Waals surface area contributed by atoms with Gasteiger partial charge in [0.1, 0.15) is 5.69 Å². The zero-order chi connectivity index (χ0) is 9.97. The van der Waals surface area contributed by atoms with Crippen molar-refractivity contribution in [3.63, 3.8) is 0 Å². The molecular formula is C9H14N4O. The summed E-state index contributed by atoms with van der Waals surface area (Å²) in [6.07, 6.45) is 3.34. The molecule has 0 bridgehead atoms. The van der Waals surface area contributed by atoms with Crippen molar-refractivity contribution in [2.45, 2.75) is 0 Å². The molecule has 1 amide bonds. The van der Waals surface area contributed by atoms with E-state index in [1.54, 1.807) is 17.1 Å². The van der Waals surface area contributed by atoms with Gasteiger partial charge in [-0.15, -0.1) is 0 Å². The van der Waals surface area contributed by atoms with Crippen molar-refractivity contribution < 1.29 is 4.79 Å². The first-order chi connectivity index (χ1) is 6.75. The van der Waals surface area contributed by atoms with Crippen molar-refractivity contribution in [2.24, 2.45) is 13.0 Å². The monoisotopic (exact) mass is 194 g/mol. The topological polar surface area (TPSA) is 59.0 Å². The Bertz CT molecular complexity index is 329. The molecule has 1 aromatic heterocycles. The number of amides is 1. The first kappa shape index (κ1) is 9.21. The Morgan fingerprint density at radius 1 is 1.79 bits per heavy atom. The lowest BCUT2D eigenvalue weighted by molar-refractivity contribution is 0.0937. The lowest BCUT2D eigenvalue weighted by atomic mass is 10.0. The van der Waals surface area contributed by atoms with Crippen molar-refractivity contribution in [1.82, 2.24) is 20.2 Å². The normalized spacial score (nSPS) is 16.4. The molecule has 0 radical (unpaired) electrons. The molecule has 1 saturated heterocycles. The van der Waals surface area contributed by atoms with Crippen LogP contribution in [0.25, 0.3) is 0 Å². The molecule has 5 heteroatoms. The van der Waals surface area contributed by atoms with Gasteiger partial charge in [0, 0.05) is 38.8 Å². The number of rotatable bonds is 3. The van der Waals surface area contributed by atoms with Crippen LogP contribution in [0.5, 0.6) is 0 Å². The average molecular weight is 194 g/mol. The van der Waals surface area contributed by atoms with Gasteiger partial charge in [0.25, 0.3) is 5.91 Å². The summed E-state index contributed by atoms with van der Waals surface area (Å²) in [5.41, 5.74) is 0.486. The summed E-state index contributed by atoms with van der Waals surface area (Å²) in [6.45, 7) is 2.74. The molecule has 76 valence electrons. The van der Waals surface area contributed by atoms with E-state index < -0.39 is 0 Å². The second-order valence-electron chi connectivity index (χ2n) is 3.66. The average Bonchev–Trinajstić information content (AvgIpc) is 2.49. The summed E-state index contributed by atoms with van der Waals surface area (Å²) in [4.78, 5) is 15.5. The maximum atomic E-state index is 11.5. The first-order valence-electron chi connectivity index (χ1n) is 4.72. The van der Waals surface area contributed by atoms with Crippen molar-refractivity contribution in [1.29, 1.82) is 0 Å². The Morgan fingerprint density at radius 3 is 3.07 bits per heavy atom. The molecule has 1 aliphatic rings. The minimum atomic E-state index is -0.0856. The van der Waals surface area contributed by atoms with Gasteiger partial charge < -0.3 is 15.2 Å². The van der Waals surface area contributed by atoms with Crippen LogP contribution in [0.4, 0.5) is 0 Å². The smallest absolute Gasteiger partial charge is 0.271 e. The SMILES string of the molecule is Cn1cnc(C(=O)NCC2CNC2)c1. The van der Waals surface area contributed by atoms with Crippen LogP contribution in [-0.4, -0.2) is 35.1 Å². The summed E-state index contributed by atoms with van der Waals surface area (Å²) in [5.74, 6) is 0.500. The predicted octanol–water partition coefficient (Wildman–Crippen LogP) is -0.631. The van der Waals surface area contributed by atoms with Crippen molar-refractivity contribution in [2.75, 3.05) is 19.6 Å². The Morgan fingerprint density at radius 2 is 2.57 bits per heavy atom. The molecule has 1 fully saturated rings. The number of nitrogens with zero attached hydrogens (tertiary/aromatic N) is 2. The first-order valence-corrected chi connectivity index (χ1v) is 4.72. The fraction of sp³-hybridized carbons (Fsp3) is 0.556. The number of hydrogen-bond donors (Lipinski definition) is 2. The van der Waals surface area contributed by atoms with Gasteiger partial charge in [-0.3, -0.25) is 4.79 Å². The summed E-state index contributed by atoms with van der Waals surface area (Å²) in [5, 5.41) is 6.02. The molecule has 2 N–H and O–H groups in total. The van der Waals surface area contributed by atoms with E-state index in [1.165, 1.54) is 0 Å². The Balaban J connectivity index is 1.82. The largest absolute Gasteiger partial charge is 0.350 e. The summed E-state index contributed by atoms with van der Waals surface area (Å²) < 4.78 is 1.76. The molecule has 0 aliphatic carbocycles. The van der Waals surface area contributed by atoms with Crippen molar-refractivity contribution in [3.8, 4) is 0 Å². The predicted molar refractivity (Wildman–Crippen MR) is 51.9 cm³/mol. The molecule has 1 aromatic rings. The van der Waals surface area contributed by atoms with E-state index in [2.05, 4.69) is 15.6 Å². The van der Waals surface area contributed by atoms with Crippen LogP contribution in [-0.2, 0) is 7.05 Å². The van der Waals surface area contributed by atoms with E-state index in [1.807, 2.05) is 7.05 Å². The molecule has 0 spiro atoms. The third-order valence-electron chi connectivity index (χ3n) is 2.35. The van der Waals surface area contributed by atoms with Crippen molar-refractivity contribution >= 4 is 5.91 Å². The highest BCUT2D eigenvalue weighted by Crippen LogP contribution is 2.01. The minimum absolute atomic E-state index is 0.0856. The molecule has 2 rings (SSSR count). The van der Waals surface area contributed by atoms with E-state index in [9.17, 15) is 4.79 Å². The molecule has 14 heavy (non-hydrogen) atoms. The number of carbonyl (C=O) groups excluding carboxylic acids is 1. The van der Waals surface area contributed by atoms with Gasteiger partial charge in [-0.05, 0) is 0 Å². The highest BCUT2D eigenvalue weighted by molar-refractivity contribution is 5.91. The lowest BCUT2D eigenvalue weighted by Gasteiger charge is -2.26. The van der Waals surface area contributed by atoms with Gasteiger partial charge >= 0.3 is 0 Å². The number of imidazole rings is 1. The molecule has 0 saturated carbocycles. The van der Waals surface area contributed by atoms with Crippen LogP contribution >= 0.6 is 0 Å². The zero-order valence-electron chi connectivity index (χ0n) is 8.16. The number of carbonyl (C=O) groups is 1. The van der Waals surface area contributed by atoms with Gasteiger partial charge in [-0.2, -0.15) is 0 Å². The van der Waals surface area contributed by atoms with Gasteiger partial charge in [-0.25, -0.2) is 4.98 Å². The molecule has 0 aromatic carbocycles. The summed E-state index contributed by atoms with van der Waals surface area (Å²) >= 11 is 0. The Labute approximate surface area is 82.5 Å². The van der Waals surface area contributed by atoms with E-state index in [4.69, 9.17) is 0 Å². The minimum Gasteiger partial charge on any atom is -0.350 e.